The zero-order valence-electron chi connectivity index (χ0n) is 23.7. The number of phenolic OH excluding ortho intramolecular Hbond substituents is 6. The predicted octanol–water partition coefficient (Wildman–Crippen LogP) is 7.97. The van der Waals surface area contributed by atoms with Gasteiger partial charge >= 0.3 is 0 Å². The lowest BCUT2D eigenvalue weighted by Crippen LogP contribution is -2.03. The smallest absolute Gasteiger partial charge is 0.115 e. The summed E-state index contributed by atoms with van der Waals surface area (Å²) in [7, 11) is 0. The van der Waals surface area contributed by atoms with E-state index in [0.29, 0.717) is 0 Å². The van der Waals surface area contributed by atoms with Crippen LogP contribution in [-0.4, -0.2) is 30.6 Å². The Morgan fingerprint density at radius 3 is 0.432 bits per heavy atom. The molecule has 6 N–H and O–H groups in total. The molecule has 0 saturated carbocycles. The summed E-state index contributed by atoms with van der Waals surface area (Å²) in [4.78, 5) is 0. The Balaban J connectivity index is 0.000000175. The topological polar surface area (TPSA) is 121 Å². The molecule has 0 aliphatic carbocycles. The number of phenols is 6. The van der Waals surface area contributed by atoms with E-state index in [1.807, 2.05) is 72.8 Å². The third-order valence-electron chi connectivity index (χ3n) is 7.36. The van der Waals surface area contributed by atoms with Gasteiger partial charge in [-0.3, -0.25) is 0 Å². The first kappa shape index (κ1) is 29.6. The molecule has 44 heavy (non-hydrogen) atoms. The Bertz CT molecular complexity index is 1410. The molecule has 6 rings (SSSR count). The van der Waals surface area contributed by atoms with E-state index in [-0.39, 0.29) is 46.3 Å². The van der Waals surface area contributed by atoms with Gasteiger partial charge in [0.2, 0.25) is 0 Å². The maximum absolute atomic E-state index is 9.49. The number of rotatable bonds is 6. The first-order valence-corrected chi connectivity index (χ1v) is 14.0. The first-order chi connectivity index (χ1) is 21.3. The lowest BCUT2D eigenvalue weighted by atomic mass is 9.85. The zero-order chi connectivity index (χ0) is 31.1. The highest BCUT2D eigenvalue weighted by Gasteiger charge is 2.18. The third kappa shape index (κ3) is 7.30. The van der Waals surface area contributed by atoms with Gasteiger partial charge < -0.3 is 30.6 Å². The fraction of sp³-hybridized carbons (Fsp3) is 0.0526. The summed E-state index contributed by atoms with van der Waals surface area (Å²) in [5.41, 5.74) is 6.13. The lowest BCUT2D eigenvalue weighted by Gasteiger charge is -2.19. The van der Waals surface area contributed by atoms with Crippen LogP contribution < -0.4 is 0 Å². The Morgan fingerprint density at radius 2 is 0.318 bits per heavy atom. The van der Waals surface area contributed by atoms with Gasteiger partial charge in [0.25, 0.3) is 0 Å². The van der Waals surface area contributed by atoms with Crippen molar-refractivity contribution in [3.05, 3.63) is 179 Å². The molecule has 0 amide bonds. The van der Waals surface area contributed by atoms with Crippen LogP contribution in [0.25, 0.3) is 0 Å². The van der Waals surface area contributed by atoms with Gasteiger partial charge in [-0.25, -0.2) is 0 Å². The number of benzene rings is 6. The van der Waals surface area contributed by atoms with Crippen molar-refractivity contribution >= 4 is 0 Å². The maximum Gasteiger partial charge on any atom is 0.115 e. The van der Waals surface area contributed by atoms with E-state index >= 15 is 0 Å². The number of hydrogen-bond acceptors (Lipinski definition) is 6. The monoisotopic (exact) mass is 584 g/mol. The predicted molar refractivity (Wildman–Crippen MR) is 171 cm³/mol. The van der Waals surface area contributed by atoms with Crippen LogP contribution in [0.5, 0.6) is 34.5 Å². The largest absolute Gasteiger partial charge is 0.508 e. The van der Waals surface area contributed by atoms with E-state index in [0.717, 1.165) is 33.4 Å². The van der Waals surface area contributed by atoms with Crippen molar-refractivity contribution in [3.8, 4) is 34.5 Å². The average molecular weight is 585 g/mol. The fourth-order valence-corrected chi connectivity index (χ4v) is 5.16. The highest BCUT2D eigenvalue weighted by Crippen LogP contribution is 2.35. The SMILES string of the molecule is Oc1ccc(C(c2ccc(O)cc2)c2ccc(O)cc2)cc1.Oc1ccc(C(c2ccc(O)cc2)c2ccc(O)cc2)cc1. The molecule has 6 aromatic carbocycles. The van der Waals surface area contributed by atoms with Gasteiger partial charge in [-0.15, -0.1) is 0 Å². The second-order valence-electron chi connectivity index (χ2n) is 10.4. The average Bonchev–Trinajstić information content (AvgIpc) is 3.03. The highest BCUT2D eigenvalue weighted by molar-refractivity contribution is 5.48. The molecule has 0 aliphatic heterocycles. The van der Waals surface area contributed by atoms with Crippen molar-refractivity contribution in [1.82, 2.24) is 0 Å². The summed E-state index contributed by atoms with van der Waals surface area (Å²) < 4.78 is 0. The summed E-state index contributed by atoms with van der Waals surface area (Å²) in [6, 6.07) is 42.4. The summed E-state index contributed by atoms with van der Waals surface area (Å²) in [6.07, 6.45) is 0. The molecule has 0 radical (unpaired) electrons. The van der Waals surface area contributed by atoms with Crippen LogP contribution >= 0.6 is 0 Å². The van der Waals surface area contributed by atoms with Gasteiger partial charge in [-0.1, -0.05) is 72.8 Å². The second-order valence-corrected chi connectivity index (χ2v) is 10.4. The standard InChI is InChI=1S/2C19H16O3/c2*20-16-7-1-13(2-8-16)19(14-3-9-17(21)10-4-14)15-5-11-18(22)12-6-15/h2*1-12,19-22H. The molecule has 0 unspecified atom stereocenters. The summed E-state index contributed by atoms with van der Waals surface area (Å²) in [5, 5.41) is 56.9. The maximum atomic E-state index is 9.49. The molecule has 6 aromatic rings. The Hall–Kier alpha value is -5.88. The van der Waals surface area contributed by atoms with Crippen LogP contribution in [0, 0.1) is 0 Å². The van der Waals surface area contributed by atoms with Gasteiger partial charge in [-0.2, -0.15) is 0 Å². The zero-order valence-corrected chi connectivity index (χ0v) is 23.7. The van der Waals surface area contributed by atoms with Crippen LogP contribution in [0.3, 0.4) is 0 Å². The van der Waals surface area contributed by atoms with Crippen molar-refractivity contribution in [2.45, 2.75) is 11.8 Å². The molecular formula is C38H32O6. The van der Waals surface area contributed by atoms with E-state index in [2.05, 4.69) is 0 Å². The molecule has 0 aromatic heterocycles. The quantitative estimate of drug-likeness (QED) is 0.110. The molecule has 0 spiro atoms. The van der Waals surface area contributed by atoms with Crippen molar-refractivity contribution in [2.75, 3.05) is 0 Å². The number of hydrogen-bond donors (Lipinski definition) is 6. The van der Waals surface area contributed by atoms with Crippen LogP contribution in [0.15, 0.2) is 146 Å². The van der Waals surface area contributed by atoms with Gasteiger partial charge in [-0.05, 0) is 106 Å². The number of aromatic hydroxyl groups is 6. The van der Waals surface area contributed by atoms with Crippen molar-refractivity contribution in [3.63, 3.8) is 0 Å². The molecule has 0 aliphatic rings. The molecule has 6 heteroatoms. The molecule has 0 fully saturated rings. The van der Waals surface area contributed by atoms with Crippen molar-refractivity contribution in [1.29, 1.82) is 0 Å². The molecule has 0 bridgehead atoms. The van der Waals surface area contributed by atoms with E-state index in [4.69, 9.17) is 0 Å². The summed E-state index contributed by atoms with van der Waals surface area (Å²) in [5.74, 6) is 1.25. The van der Waals surface area contributed by atoms with E-state index in [9.17, 15) is 30.6 Å². The Kier molecular flexibility index (Phi) is 9.02. The van der Waals surface area contributed by atoms with Crippen LogP contribution in [0.4, 0.5) is 0 Å². The molecule has 0 heterocycles. The molecule has 220 valence electrons. The first-order valence-electron chi connectivity index (χ1n) is 14.0. The van der Waals surface area contributed by atoms with Crippen molar-refractivity contribution in [2.24, 2.45) is 0 Å². The minimum atomic E-state index is -0.0400. The Morgan fingerprint density at radius 1 is 0.205 bits per heavy atom. The molecule has 0 atom stereocenters. The van der Waals surface area contributed by atoms with E-state index < -0.39 is 0 Å². The molecule has 0 saturated heterocycles. The lowest BCUT2D eigenvalue weighted by molar-refractivity contribution is 0.474. The van der Waals surface area contributed by atoms with Gasteiger partial charge in [0.15, 0.2) is 0 Å². The highest BCUT2D eigenvalue weighted by atomic mass is 16.3. The third-order valence-corrected chi connectivity index (χ3v) is 7.36. The van der Waals surface area contributed by atoms with E-state index in [1.54, 1.807) is 72.8 Å². The minimum absolute atomic E-state index is 0.0400. The van der Waals surface area contributed by atoms with Gasteiger partial charge in [0.05, 0.1) is 0 Å². The fourth-order valence-electron chi connectivity index (χ4n) is 5.16. The van der Waals surface area contributed by atoms with Gasteiger partial charge in [0.1, 0.15) is 34.5 Å². The van der Waals surface area contributed by atoms with Crippen LogP contribution in [-0.2, 0) is 0 Å². The van der Waals surface area contributed by atoms with E-state index in [1.165, 1.54) is 0 Å². The van der Waals surface area contributed by atoms with Crippen LogP contribution in [0.1, 0.15) is 45.2 Å². The summed E-state index contributed by atoms with van der Waals surface area (Å²) >= 11 is 0. The second kappa shape index (κ2) is 13.4. The summed E-state index contributed by atoms with van der Waals surface area (Å²) in [6.45, 7) is 0. The molecular weight excluding hydrogens is 552 g/mol. The minimum Gasteiger partial charge on any atom is -0.508 e. The normalized spacial score (nSPS) is 10.8. The molecule has 6 nitrogen and oxygen atoms in total. The Labute approximate surface area is 255 Å². The van der Waals surface area contributed by atoms with Crippen molar-refractivity contribution < 1.29 is 30.6 Å². The van der Waals surface area contributed by atoms with Crippen LogP contribution in [0.2, 0.25) is 0 Å². The van der Waals surface area contributed by atoms with Gasteiger partial charge in [0, 0.05) is 11.8 Å².